The van der Waals surface area contributed by atoms with Crippen molar-refractivity contribution in [3.63, 3.8) is 0 Å². The predicted molar refractivity (Wildman–Crippen MR) is 107 cm³/mol. The molecule has 3 fully saturated rings. The van der Waals surface area contributed by atoms with Gasteiger partial charge < -0.3 is 5.32 Å². The maximum atomic E-state index is 13.7. The molecular formula is C23H20FN3O3. The summed E-state index contributed by atoms with van der Waals surface area (Å²) in [6, 6.07) is 11.0. The number of benzene rings is 2. The number of rotatable bonds is 1. The van der Waals surface area contributed by atoms with Gasteiger partial charge >= 0.3 is 0 Å². The molecule has 6 nitrogen and oxygen atoms in total. The standard InChI is InChI=1S/C23H20FN3O3/c1-12-4-9-16-15(11-12)23(22(30)25-16)19-18(17-3-2-10-26(17)23)20(28)27(21(19)29)14-7-5-13(24)6-8-14/h4-9,11,17-19H,2-3,10H2,1H3,(H,25,30)/t17-,18+,19-,23+/m0/s1. The van der Waals surface area contributed by atoms with E-state index in [0.717, 1.165) is 28.9 Å². The lowest BCUT2D eigenvalue weighted by Gasteiger charge is -2.36. The van der Waals surface area contributed by atoms with E-state index in [-0.39, 0.29) is 23.8 Å². The van der Waals surface area contributed by atoms with Crippen molar-refractivity contribution >= 4 is 29.1 Å². The Kier molecular flexibility index (Phi) is 3.41. The van der Waals surface area contributed by atoms with Gasteiger partial charge in [0.05, 0.1) is 17.5 Å². The molecule has 0 radical (unpaired) electrons. The van der Waals surface area contributed by atoms with Gasteiger partial charge in [0, 0.05) is 17.3 Å². The van der Waals surface area contributed by atoms with Crippen molar-refractivity contribution in [1.29, 1.82) is 0 Å². The fraction of sp³-hybridized carbons (Fsp3) is 0.348. The number of hydrogen-bond acceptors (Lipinski definition) is 4. The molecule has 4 aliphatic heterocycles. The summed E-state index contributed by atoms with van der Waals surface area (Å²) in [6.45, 7) is 2.63. The monoisotopic (exact) mass is 405 g/mol. The number of hydrogen-bond donors (Lipinski definition) is 1. The molecule has 4 heterocycles. The fourth-order valence-electron chi connectivity index (χ4n) is 6.16. The number of anilines is 2. The van der Waals surface area contributed by atoms with Crippen LogP contribution in [-0.2, 0) is 19.9 Å². The third kappa shape index (κ3) is 1.94. The highest BCUT2D eigenvalue weighted by atomic mass is 19.1. The van der Waals surface area contributed by atoms with Crippen molar-refractivity contribution in [3.05, 3.63) is 59.4 Å². The molecule has 1 spiro atoms. The molecule has 3 saturated heterocycles. The lowest BCUT2D eigenvalue weighted by Crippen LogP contribution is -2.54. The second-order valence-electron chi connectivity index (χ2n) is 8.66. The number of halogens is 1. The Labute approximate surface area is 172 Å². The Morgan fingerprint density at radius 2 is 1.83 bits per heavy atom. The molecule has 0 saturated carbocycles. The van der Waals surface area contributed by atoms with Crippen LogP contribution >= 0.6 is 0 Å². The van der Waals surface area contributed by atoms with Crippen LogP contribution in [0.2, 0.25) is 0 Å². The lowest BCUT2D eigenvalue weighted by atomic mass is 9.75. The molecule has 0 aliphatic carbocycles. The van der Waals surface area contributed by atoms with Crippen LogP contribution in [0.25, 0.3) is 0 Å². The number of imide groups is 1. The number of fused-ring (bicyclic) bond motifs is 7. The van der Waals surface area contributed by atoms with Gasteiger partial charge in [-0.05, 0) is 56.6 Å². The Morgan fingerprint density at radius 1 is 1.07 bits per heavy atom. The highest BCUT2D eigenvalue weighted by Crippen LogP contribution is 2.60. The van der Waals surface area contributed by atoms with Gasteiger partial charge in [0.15, 0.2) is 0 Å². The molecule has 6 rings (SSSR count). The molecule has 2 aromatic carbocycles. The molecule has 7 heteroatoms. The summed E-state index contributed by atoms with van der Waals surface area (Å²) in [4.78, 5) is 44.0. The zero-order valence-electron chi connectivity index (χ0n) is 16.4. The second-order valence-corrected chi connectivity index (χ2v) is 8.66. The number of aryl methyl sites for hydroxylation is 1. The van der Waals surface area contributed by atoms with Gasteiger partial charge in [-0.2, -0.15) is 0 Å². The van der Waals surface area contributed by atoms with Crippen molar-refractivity contribution in [1.82, 2.24) is 4.90 Å². The summed E-state index contributed by atoms with van der Waals surface area (Å²) in [5.74, 6) is -2.71. The van der Waals surface area contributed by atoms with Crippen LogP contribution in [0.3, 0.4) is 0 Å². The first-order valence-corrected chi connectivity index (χ1v) is 10.3. The van der Waals surface area contributed by atoms with Crippen molar-refractivity contribution in [2.45, 2.75) is 31.3 Å². The molecular weight excluding hydrogens is 385 g/mol. The molecule has 2 aromatic rings. The van der Waals surface area contributed by atoms with Crippen molar-refractivity contribution in [2.75, 3.05) is 16.8 Å². The van der Waals surface area contributed by atoms with Crippen LogP contribution in [0, 0.1) is 24.6 Å². The van der Waals surface area contributed by atoms with E-state index < -0.39 is 23.2 Å². The highest BCUT2D eigenvalue weighted by Gasteiger charge is 2.74. The Morgan fingerprint density at radius 3 is 2.60 bits per heavy atom. The van der Waals surface area contributed by atoms with Gasteiger partial charge in [-0.25, -0.2) is 9.29 Å². The average molecular weight is 405 g/mol. The van der Waals surface area contributed by atoms with Gasteiger partial charge in [-0.15, -0.1) is 0 Å². The fourth-order valence-corrected chi connectivity index (χ4v) is 6.16. The van der Waals surface area contributed by atoms with Crippen LogP contribution in [-0.4, -0.2) is 35.2 Å². The molecule has 30 heavy (non-hydrogen) atoms. The van der Waals surface area contributed by atoms with Crippen molar-refractivity contribution in [3.8, 4) is 0 Å². The molecule has 0 bridgehead atoms. The molecule has 3 amide bonds. The third-order valence-electron chi connectivity index (χ3n) is 7.23. The van der Waals surface area contributed by atoms with Crippen molar-refractivity contribution < 1.29 is 18.8 Å². The summed E-state index contributed by atoms with van der Waals surface area (Å²) in [7, 11) is 0. The van der Waals surface area contributed by atoms with E-state index in [1.807, 2.05) is 25.1 Å². The minimum atomic E-state index is -1.17. The van der Waals surface area contributed by atoms with Crippen LogP contribution < -0.4 is 10.2 Å². The molecule has 152 valence electrons. The van der Waals surface area contributed by atoms with Gasteiger partial charge in [0.1, 0.15) is 11.4 Å². The first-order valence-electron chi connectivity index (χ1n) is 10.3. The quantitative estimate of drug-likeness (QED) is 0.741. The van der Waals surface area contributed by atoms with Crippen LogP contribution in [0.4, 0.5) is 15.8 Å². The predicted octanol–water partition coefficient (Wildman–Crippen LogP) is 2.57. The van der Waals surface area contributed by atoms with Crippen molar-refractivity contribution in [2.24, 2.45) is 11.8 Å². The van der Waals surface area contributed by atoms with E-state index in [1.165, 1.54) is 24.3 Å². The van der Waals surface area contributed by atoms with Gasteiger partial charge in [0.2, 0.25) is 17.7 Å². The normalized spacial score (nSPS) is 32.0. The smallest absolute Gasteiger partial charge is 0.250 e. The first-order chi connectivity index (χ1) is 14.4. The Balaban J connectivity index is 1.56. The zero-order valence-corrected chi connectivity index (χ0v) is 16.4. The van der Waals surface area contributed by atoms with E-state index in [1.54, 1.807) is 0 Å². The summed E-state index contributed by atoms with van der Waals surface area (Å²) in [5.41, 5.74) is 1.67. The zero-order chi connectivity index (χ0) is 20.8. The molecule has 4 atom stereocenters. The summed E-state index contributed by atoms with van der Waals surface area (Å²) in [6.07, 6.45) is 1.65. The van der Waals surface area contributed by atoms with Crippen LogP contribution in [0.15, 0.2) is 42.5 Å². The molecule has 1 N–H and O–H groups in total. The average Bonchev–Trinajstić information content (AvgIpc) is 3.42. The topological polar surface area (TPSA) is 69.7 Å². The van der Waals surface area contributed by atoms with E-state index in [4.69, 9.17) is 0 Å². The van der Waals surface area contributed by atoms with E-state index in [0.29, 0.717) is 17.9 Å². The van der Waals surface area contributed by atoms with Gasteiger partial charge in [-0.1, -0.05) is 17.7 Å². The SMILES string of the molecule is Cc1ccc2c(c1)[C@]1(C(=O)N2)[C@@H]2C(=O)N(c3ccc(F)cc3)C(=O)[C@@H]2[C@@H]2CCCN21. The summed E-state index contributed by atoms with van der Waals surface area (Å²) >= 11 is 0. The minimum Gasteiger partial charge on any atom is -0.324 e. The number of nitrogens with zero attached hydrogens (tertiary/aromatic N) is 2. The number of carbonyl (C=O) groups is 3. The molecule has 0 unspecified atom stereocenters. The van der Waals surface area contributed by atoms with E-state index in [2.05, 4.69) is 10.2 Å². The van der Waals surface area contributed by atoms with E-state index >= 15 is 0 Å². The van der Waals surface area contributed by atoms with E-state index in [9.17, 15) is 18.8 Å². The maximum absolute atomic E-state index is 13.7. The largest absolute Gasteiger partial charge is 0.324 e. The first kappa shape index (κ1) is 17.8. The second kappa shape index (κ2) is 5.76. The van der Waals surface area contributed by atoms with Crippen LogP contribution in [0.1, 0.15) is 24.0 Å². The lowest BCUT2D eigenvalue weighted by molar-refractivity contribution is -0.135. The van der Waals surface area contributed by atoms with Crippen LogP contribution in [0.5, 0.6) is 0 Å². The molecule has 4 aliphatic rings. The van der Waals surface area contributed by atoms with Gasteiger partial charge in [0.25, 0.3) is 0 Å². The van der Waals surface area contributed by atoms with Gasteiger partial charge in [-0.3, -0.25) is 19.3 Å². The summed E-state index contributed by atoms with van der Waals surface area (Å²) < 4.78 is 13.4. The maximum Gasteiger partial charge on any atom is 0.250 e. The highest BCUT2D eigenvalue weighted by molar-refractivity contribution is 6.25. The number of nitrogens with one attached hydrogen (secondary N) is 1. The summed E-state index contributed by atoms with van der Waals surface area (Å²) in [5, 5.41) is 2.97. The molecule has 0 aromatic heterocycles. The Bertz CT molecular complexity index is 1130. The minimum absolute atomic E-state index is 0.158. The number of carbonyl (C=O) groups excluding carboxylic acids is 3. The third-order valence-corrected chi connectivity index (χ3v) is 7.23. The Hall–Kier alpha value is -3.06. The number of amides is 3.